The molecule has 1 aromatic heterocycles. The fourth-order valence-corrected chi connectivity index (χ4v) is 3.88. The average Bonchev–Trinajstić information content (AvgIpc) is 3.13. The zero-order valence-electron chi connectivity index (χ0n) is 15.1. The van der Waals surface area contributed by atoms with E-state index in [0.29, 0.717) is 16.6 Å². The first kappa shape index (κ1) is 21.3. The molecule has 0 unspecified atom stereocenters. The highest BCUT2D eigenvalue weighted by Gasteiger charge is 2.19. The second kappa shape index (κ2) is 9.39. The van der Waals surface area contributed by atoms with Gasteiger partial charge in [0.25, 0.3) is 0 Å². The molecule has 10 heteroatoms. The molecule has 1 heterocycles. The van der Waals surface area contributed by atoms with Gasteiger partial charge < -0.3 is 9.84 Å². The van der Waals surface area contributed by atoms with Crippen molar-refractivity contribution in [1.29, 1.82) is 0 Å². The number of nitrogens with zero attached hydrogens (tertiary/aromatic N) is 2. The van der Waals surface area contributed by atoms with Crippen molar-refractivity contribution in [1.82, 2.24) is 15.5 Å². The molecular formula is C19H17Cl2N3O4S. The molecule has 1 amide bonds. The molecule has 0 saturated carbocycles. The fourth-order valence-electron chi connectivity index (χ4n) is 2.46. The van der Waals surface area contributed by atoms with Crippen molar-refractivity contribution >= 4 is 38.9 Å². The SMILES string of the molecule is O=C(CCc1nc(CS(=O)(=O)c2ccc(Cl)cc2)no1)NCc1ccc(Cl)cc1. The number of rotatable bonds is 8. The van der Waals surface area contributed by atoms with Crippen LogP contribution in [0.1, 0.15) is 23.7 Å². The largest absolute Gasteiger partial charge is 0.352 e. The van der Waals surface area contributed by atoms with E-state index >= 15 is 0 Å². The lowest BCUT2D eigenvalue weighted by Crippen LogP contribution is -2.23. The van der Waals surface area contributed by atoms with Crippen molar-refractivity contribution in [2.24, 2.45) is 0 Å². The summed E-state index contributed by atoms with van der Waals surface area (Å²) in [7, 11) is -3.62. The molecule has 0 aliphatic heterocycles. The van der Waals surface area contributed by atoms with Crippen LogP contribution in [0.3, 0.4) is 0 Å². The van der Waals surface area contributed by atoms with Crippen LogP contribution in [0.4, 0.5) is 0 Å². The van der Waals surface area contributed by atoms with E-state index in [1.54, 1.807) is 12.1 Å². The Morgan fingerprint density at radius 3 is 2.28 bits per heavy atom. The Morgan fingerprint density at radius 1 is 1.00 bits per heavy atom. The number of benzene rings is 2. The number of halogens is 2. The normalized spacial score (nSPS) is 11.4. The van der Waals surface area contributed by atoms with Crippen LogP contribution >= 0.6 is 23.2 Å². The van der Waals surface area contributed by atoms with Crippen LogP contribution < -0.4 is 5.32 Å². The molecular weight excluding hydrogens is 437 g/mol. The summed E-state index contributed by atoms with van der Waals surface area (Å²) in [5.41, 5.74) is 0.926. The maximum atomic E-state index is 12.4. The van der Waals surface area contributed by atoms with Gasteiger partial charge in [-0.25, -0.2) is 8.42 Å². The van der Waals surface area contributed by atoms with Crippen LogP contribution in [0, 0.1) is 0 Å². The molecule has 0 saturated heterocycles. The lowest BCUT2D eigenvalue weighted by atomic mass is 10.2. The van der Waals surface area contributed by atoms with Gasteiger partial charge >= 0.3 is 0 Å². The standard InChI is InChI=1S/C19H17Cl2N3O4S/c20-14-3-1-13(2-4-14)11-22-18(25)9-10-19-23-17(24-28-19)12-29(26,27)16-7-5-15(21)6-8-16/h1-8H,9-12H2,(H,22,25). The summed E-state index contributed by atoms with van der Waals surface area (Å²) in [6.07, 6.45) is 0.347. The van der Waals surface area contributed by atoms with E-state index in [0.717, 1.165) is 5.56 Å². The lowest BCUT2D eigenvalue weighted by molar-refractivity contribution is -0.121. The quantitative estimate of drug-likeness (QED) is 0.558. The predicted molar refractivity (Wildman–Crippen MR) is 108 cm³/mol. The van der Waals surface area contributed by atoms with Gasteiger partial charge in [-0.15, -0.1) is 0 Å². The van der Waals surface area contributed by atoms with Gasteiger partial charge in [-0.2, -0.15) is 4.98 Å². The van der Waals surface area contributed by atoms with Gasteiger partial charge in [0, 0.05) is 29.4 Å². The van der Waals surface area contributed by atoms with Gasteiger partial charge in [-0.3, -0.25) is 4.79 Å². The topological polar surface area (TPSA) is 102 Å². The molecule has 29 heavy (non-hydrogen) atoms. The zero-order valence-corrected chi connectivity index (χ0v) is 17.5. The fraction of sp³-hybridized carbons (Fsp3) is 0.211. The maximum absolute atomic E-state index is 12.4. The van der Waals surface area contributed by atoms with E-state index in [-0.39, 0.29) is 35.4 Å². The van der Waals surface area contributed by atoms with E-state index in [2.05, 4.69) is 15.5 Å². The monoisotopic (exact) mass is 453 g/mol. The number of aryl methyl sites for hydroxylation is 1. The second-order valence-electron chi connectivity index (χ2n) is 6.22. The minimum atomic E-state index is -3.62. The molecule has 0 radical (unpaired) electrons. The third kappa shape index (κ3) is 6.28. The zero-order chi connectivity index (χ0) is 20.9. The van der Waals surface area contributed by atoms with Gasteiger partial charge in [0.2, 0.25) is 11.8 Å². The highest BCUT2D eigenvalue weighted by molar-refractivity contribution is 7.90. The van der Waals surface area contributed by atoms with Crippen LogP contribution in [0.15, 0.2) is 57.9 Å². The minimum Gasteiger partial charge on any atom is -0.352 e. The van der Waals surface area contributed by atoms with Crippen LogP contribution in [-0.2, 0) is 33.4 Å². The highest BCUT2D eigenvalue weighted by atomic mass is 35.5. The van der Waals surface area contributed by atoms with Crippen molar-refractivity contribution in [3.8, 4) is 0 Å². The molecule has 0 spiro atoms. The van der Waals surface area contributed by atoms with Crippen molar-refractivity contribution in [2.45, 2.75) is 30.0 Å². The van der Waals surface area contributed by atoms with E-state index < -0.39 is 15.6 Å². The van der Waals surface area contributed by atoms with E-state index in [1.807, 2.05) is 12.1 Å². The summed E-state index contributed by atoms with van der Waals surface area (Å²) >= 11 is 11.6. The minimum absolute atomic E-state index is 0.0384. The van der Waals surface area contributed by atoms with E-state index in [9.17, 15) is 13.2 Å². The van der Waals surface area contributed by atoms with Crippen LogP contribution in [0.5, 0.6) is 0 Å². The van der Waals surface area contributed by atoms with Gasteiger partial charge in [-0.05, 0) is 42.0 Å². The van der Waals surface area contributed by atoms with Crippen LogP contribution in [-0.4, -0.2) is 24.5 Å². The van der Waals surface area contributed by atoms with Gasteiger partial charge in [0.15, 0.2) is 15.7 Å². The number of amides is 1. The summed E-state index contributed by atoms with van der Waals surface area (Å²) in [6, 6.07) is 13.0. The number of hydrogen-bond donors (Lipinski definition) is 1. The number of sulfone groups is 1. The van der Waals surface area contributed by atoms with Gasteiger partial charge in [0.1, 0.15) is 5.75 Å². The molecule has 0 fully saturated rings. The first-order valence-electron chi connectivity index (χ1n) is 8.63. The Kier molecular flexibility index (Phi) is 6.89. The molecule has 1 N–H and O–H groups in total. The summed E-state index contributed by atoms with van der Waals surface area (Å²) in [5.74, 6) is -0.348. The molecule has 0 aliphatic rings. The Labute approximate surface area is 177 Å². The maximum Gasteiger partial charge on any atom is 0.227 e. The van der Waals surface area contributed by atoms with Crippen molar-refractivity contribution < 1.29 is 17.7 Å². The third-order valence-electron chi connectivity index (χ3n) is 3.97. The number of carbonyl (C=O) groups excluding carboxylic acids is 1. The summed E-state index contributed by atoms with van der Waals surface area (Å²) in [4.78, 5) is 16.2. The number of carbonyl (C=O) groups is 1. The average molecular weight is 454 g/mol. The molecule has 0 bridgehead atoms. The summed E-state index contributed by atoms with van der Waals surface area (Å²) < 4.78 is 29.8. The molecule has 0 aliphatic carbocycles. The van der Waals surface area contributed by atoms with E-state index in [4.69, 9.17) is 27.7 Å². The van der Waals surface area contributed by atoms with Gasteiger partial charge in [0.05, 0.1) is 4.90 Å². The Bertz CT molecular complexity index is 1080. The predicted octanol–water partition coefficient (Wildman–Crippen LogP) is 3.60. The lowest BCUT2D eigenvalue weighted by Gasteiger charge is -2.04. The van der Waals surface area contributed by atoms with Gasteiger partial charge in [-0.1, -0.05) is 40.5 Å². The Morgan fingerprint density at radius 2 is 1.62 bits per heavy atom. The van der Waals surface area contributed by atoms with Crippen molar-refractivity contribution in [3.05, 3.63) is 75.9 Å². The molecule has 0 atom stereocenters. The third-order valence-corrected chi connectivity index (χ3v) is 6.10. The number of aromatic nitrogens is 2. The smallest absolute Gasteiger partial charge is 0.227 e. The first-order valence-corrected chi connectivity index (χ1v) is 11.0. The molecule has 7 nitrogen and oxygen atoms in total. The van der Waals surface area contributed by atoms with Crippen molar-refractivity contribution in [3.63, 3.8) is 0 Å². The van der Waals surface area contributed by atoms with E-state index in [1.165, 1.54) is 24.3 Å². The molecule has 3 aromatic rings. The number of hydrogen-bond acceptors (Lipinski definition) is 6. The molecule has 3 rings (SSSR count). The Balaban J connectivity index is 1.50. The molecule has 2 aromatic carbocycles. The summed E-state index contributed by atoms with van der Waals surface area (Å²) in [6.45, 7) is 0.379. The van der Waals surface area contributed by atoms with Crippen molar-refractivity contribution in [2.75, 3.05) is 0 Å². The first-order chi connectivity index (χ1) is 13.8. The highest BCUT2D eigenvalue weighted by Crippen LogP contribution is 2.18. The number of nitrogens with one attached hydrogen (secondary N) is 1. The van der Waals surface area contributed by atoms with Crippen LogP contribution in [0.25, 0.3) is 0 Å². The molecule has 152 valence electrons. The van der Waals surface area contributed by atoms with Crippen LogP contribution in [0.2, 0.25) is 10.0 Å². The Hall–Kier alpha value is -2.42. The summed E-state index contributed by atoms with van der Waals surface area (Å²) in [5, 5.41) is 7.54. The second-order valence-corrected chi connectivity index (χ2v) is 9.08.